The Morgan fingerprint density at radius 3 is 2.41 bits per heavy atom. The lowest BCUT2D eigenvalue weighted by Gasteiger charge is -2.44. The molecule has 1 heterocycles. The van der Waals surface area contributed by atoms with Crippen molar-refractivity contribution in [1.29, 1.82) is 0 Å². The maximum atomic E-state index is 13.5. The molecule has 1 aliphatic carbocycles. The molecule has 1 saturated heterocycles. The van der Waals surface area contributed by atoms with Crippen LogP contribution in [0.5, 0.6) is 0 Å². The van der Waals surface area contributed by atoms with Crippen molar-refractivity contribution in [3.8, 4) is 0 Å². The summed E-state index contributed by atoms with van der Waals surface area (Å²) in [7, 11) is 0. The van der Waals surface area contributed by atoms with Gasteiger partial charge >= 0.3 is 6.18 Å². The van der Waals surface area contributed by atoms with Gasteiger partial charge in [-0.2, -0.15) is 13.2 Å². The molecule has 1 aromatic carbocycles. The molecule has 3 rings (SSSR count). The minimum Gasteiger partial charge on any atom is -0.314 e. The summed E-state index contributed by atoms with van der Waals surface area (Å²) in [6.45, 7) is 3.16. The first kappa shape index (κ1) is 16.1. The van der Waals surface area contributed by atoms with Crippen LogP contribution < -0.4 is 5.32 Å². The Morgan fingerprint density at radius 1 is 1.18 bits per heavy atom. The van der Waals surface area contributed by atoms with E-state index in [4.69, 9.17) is 11.6 Å². The van der Waals surface area contributed by atoms with E-state index in [-0.39, 0.29) is 22.5 Å². The molecule has 0 aromatic heterocycles. The average molecular weight is 333 g/mol. The monoisotopic (exact) mass is 332 g/mol. The van der Waals surface area contributed by atoms with Gasteiger partial charge in [0.05, 0.1) is 5.56 Å². The highest BCUT2D eigenvalue weighted by atomic mass is 35.5. The van der Waals surface area contributed by atoms with Crippen molar-refractivity contribution in [2.24, 2.45) is 5.92 Å². The number of nitrogens with one attached hydrogen (secondary N) is 1. The summed E-state index contributed by atoms with van der Waals surface area (Å²) >= 11 is 6.23. The van der Waals surface area contributed by atoms with E-state index in [0.717, 1.165) is 51.5 Å². The van der Waals surface area contributed by atoms with Crippen molar-refractivity contribution < 1.29 is 13.2 Å². The van der Waals surface area contributed by atoms with Crippen LogP contribution in [0.2, 0.25) is 5.02 Å². The van der Waals surface area contributed by atoms with Crippen LogP contribution in [0.15, 0.2) is 18.2 Å². The Hall–Kier alpha value is -0.780. The highest BCUT2D eigenvalue weighted by Gasteiger charge is 2.41. The molecule has 1 aliphatic heterocycles. The lowest BCUT2D eigenvalue weighted by Crippen LogP contribution is -2.48. The molecule has 122 valence electrons. The molecule has 1 aromatic rings. The van der Waals surface area contributed by atoms with Gasteiger partial charge in [-0.25, -0.2) is 0 Å². The Bertz CT molecular complexity index is 523. The number of nitrogens with zero attached hydrogens (tertiary/aromatic N) is 1. The molecule has 0 spiro atoms. The lowest BCUT2D eigenvalue weighted by atomic mass is 9.75. The highest BCUT2D eigenvalue weighted by Crippen LogP contribution is 2.47. The maximum Gasteiger partial charge on any atom is 0.416 e. The highest BCUT2D eigenvalue weighted by molar-refractivity contribution is 6.31. The number of alkyl halides is 3. The quantitative estimate of drug-likeness (QED) is 0.896. The van der Waals surface area contributed by atoms with Gasteiger partial charge in [-0.3, -0.25) is 4.90 Å². The van der Waals surface area contributed by atoms with Crippen LogP contribution in [0.4, 0.5) is 13.2 Å². The minimum absolute atomic E-state index is 0.221. The SMILES string of the molecule is FC(F)(F)c1cccc(Cl)c1[C@@H](C1CCC1)N1CCNCC1. The van der Waals surface area contributed by atoms with Crippen LogP contribution in [0, 0.1) is 5.92 Å². The molecule has 0 amide bonds. The number of rotatable bonds is 3. The molecule has 2 fully saturated rings. The van der Waals surface area contributed by atoms with Gasteiger partial charge in [0.25, 0.3) is 0 Å². The zero-order valence-corrected chi connectivity index (χ0v) is 13.1. The second kappa shape index (κ2) is 6.38. The van der Waals surface area contributed by atoms with Gasteiger partial charge in [-0.1, -0.05) is 24.1 Å². The summed E-state index contributed by atoms with van der Waals surface area (Å²) in [6, 6.07) is 3.92. The second-order valence-electron chi connectivity index (χ2n) is 6.12. The summed E-state index contributed by atoms with van der Waals surface area (Å²) < 4.78 is 40.4. The molecule has 1 N–H and O–H groups in total. The van der Waals surface area contributed by atoms with E-state index < -0.39 is 11.7 Å². The third-order valence-electron chi connectivity index (χ3n) is 4.80. The molecule has 2 aliphatic rings. The zero-order valence-electron chi connectivity index (χ0n) is 12.3. The van der Waals surface area contributed by atoms with Gasteiger partial charge in [0.2, 0.25) is 0 Å². The van der Waals surface area contributed by atoms with Crippen molar-refractivity contribution in [1.82, 2.24) is 10.2 Å². The number of benzene rings is 1. The third kappa shape index (κ3) is 3.12. The second-order valence-corrected chi connectivity index (χ2v) is 6.53. The summed E-state index contributed by atoms with van der Waals surface area (Å²) in [5.41, 5.74) is -0.293. The van der Waals surface area contributed by atoms with Gasteiger partial charge in [0, 0.05) is 42.8 Å². The Kier molecular flexibility index (Phi) is 4.67. The van der Waals surface area contributed by atoms with Gasteiger partial charge in [0.1, 0.15) is 0 Å². The number of hydrogen-bond donors (Lipinski definition) is 1. The van der Waals surface area contributed by atoms with Crippen molar-refractivity contribution in [3.05, 3.63) is 34.3 Å². The first-order chi connectivity index (χ1) is 10.5. The molecule has 1 atom stereocenters. The molecule has 0 unspecified atom stereocenters. The fourth-order valence-corrected chi connectivity index (χ4v) is 3.80. The molecule has 0 bridgehead atoms. The predicted molar refractivity (Wildman–Crippen MR) is 81.0 cm³/mol. The van der Waals surface area contributed by atoms with Gasteiger partial charge in [-0.15, -0.1) is 0 Å². The van der Waals surface area contributed by atoms with E-state index in [2.05, 4.69) is 10.2 Å². The van der Waals surface area contributed by atoms with E-state index in [1.807, 2.05) is 0 Å². The summed E-state index contributed by atoms with van der Waals surface area (Å²) in [5.74, 6) is 0.277. The standard InChI is InChI=1S/C16H20ClF3N2/c17-13-6-2-5-12(16(18,19)20)14(13)15(11-3-1-4-11)22-9-7-21-8-10-22/h2,5-6,11,15,21H,1,3-4,7-10H2/t15-/m1/s1. The number of halogens is 4. The molecular weight excluding hydrogens is 313 g/mol. The predicted octanol–water partition coefficient (Wildman–Crippen LogP) is 4.11. The van der Waals surface area contributed by atoms with E-state index in [9.17, 15) is 13.2 Å². The smallest absolute Gasteiger partial charge is 0.314 e. The Balaban J connectivity index is 2.03. The largest absolute Gasteiger partial charge is 0.416 e. The van der Waals surface area contributed by atoms with Gasteiger partial charge in [0.15, 0.2) is 0 Å². The number of piperazine rings is 1. The average Bonchev–Trinajstić information content (AvgIpc) is 2.43. The summed E-state index contributed by atoms with van der Waals surface area (Å²) in [5, 5.41) is 3.50. The lowest BCUT2D eigenvalue weighted by molar-refractivity contribution is -0.139. The van der Waals surface area contributed by atoms with E-state index in [1.54, 1.807) is 6.07 Å². The van der Waals surface area contributed by atoms with Crippen LogP contribution in [0.3, 0.4) is 0 Å². The van der Waals surface area contributed by atoms with Crippen molar-refractivity contribution in [2.45, 2.75) is 31.5 Å². The molecule has 1 saturated carbocycles. The Labute approximate surface area is 133 Å². The molecule has 2 nitrogen and oxygen atoms in total. The normalized spacial score (nSPS) is 22.4. The fourth-order valence-electron chi connectivity index (χ4n) is 3.52. The fraction of sp³-hybridized carbons (Fsp3) is 0.625. The van der Waals surface area contributed by atoms with Gasteiger partial charge < -0.3 is 5.32 Å². The number of hydrogen-bond acceptors (Lipinski definition) is 2. The van der Waals surface area contributed by atoms with Crippen LogP contribution in [0.1, 0.15) is 36.4 Å². The van der Waals surface area contributed by atoms with E-state index in [0.29, 0.717) is 0 Å². The minimum atomic E-state index is -4.36. The maximum absolute atomic E-state index is 13.5. The summed E-state index contributed by atoms with van der Waals surface area (Å²) in [6.07, 6.45) is -1.30. The van der Waals surface area contributed by atoms with Crippen molar-refractivity contribution in [3.63, 3.8) is 0 Å². The van der Waals surface area contributed by atoms with E-state index >= 15 is 0 Å². The molecule has 0 radical (unpaired) electrons. The van der Waals surface area contributed by atoms with Crippen LogP contribution in [0.25, 0.3) is 0 Å². The van der Waals surface area contributed by atoms with Crippen LogP contribution >= 0.6 is 11.6 Å². The van der Waals surface area contributed by atoms with Crippen molar-refractivity contribution >= 4 is 11.6 Å². The van der Waals surface area contributed by atoms with Crippen molar-refractivity contribution in [2.75, 3.05) is 26.2 Å². The topological polar surface area (TPSA) is 15.3 Å². The summed E-state index contributed by atoms with van der Waals surface area (Å²) in [4.78, 5) is 2.18. The van der Waals surface area contributed by atoms with Gasteiger partial charge in [-0.05, 0) is 30.9 Å². The molecular formula is C16H20ClF3N2. The molecule has 6 heteroatoms. The first-order valence-electron chi connectivity index (χ1n) is 7.79. The van der Waals surface area contributed by atoms with E-state index in [1.165, 1.54) is 6.07 Å². The zero-order chi connectivity index (χ0) is 15.7. The molecule has 22 heavy (non-hydrogen) atoms. The first-order valence-corrected chi connectivity index (χ1v) is 8.16. The van der Waals surface area contributed by atoms with Crippen LogP contribution in [-0.4, -0.2) is 31.1 Å². The third-order valence-corrected chi connectivity index (χ3v) is 5.13. The van der Waals surface area contributed by atoms with Crippen LogP contribution in [-0.2, 0) is 6.18 Å². The Morgan fingerprint density at radius 2 is 1.86 bits per heavy atom.